The Balaban J connectivity index is 1.56. The molecule has 168 valence electrons. The van der Waals surface area contributed by atoms with Gasteiger partial charge in [0.25, 0.3) is 5.03 Å². The summed E-state index contributed by atoms with van der Waals surface area (Å²) >= 11 is -1.32. The summed E-state index contributed by atoms with van der Waals surface area (Å²) < 4.78 is 28.3. The van der Waals surface area contributed by atoms with Gasteiger partial charge >= 0.3 is 0 Å². The second kappa shape index (κ2) is 9.91. The maximum absolute atomic E-state index is 14.9. The number of β-amino-alcohol motifs (C(OH)–C–C–N with tert-alkyl or cyclic N) is 1. The quantitative estimate of drug-likeness (QED) is 0.550. The van der Waals surface area contributed by atoms with Crippen molar-refractivity contribution in [1.29, 1.82) is 0 Å². The van der Waals surface area contributed by atoms with Gasteiger partial charge in [-0.3, -0.25) is 4.98 Å². The monoisotopic (exact) mass is 455 g/mol. The number of aromatic nitrogens is 3. The average molecular weight is 456 g/mol. The maximum atomic E-state index is 14.9. The molecule has 4 rings (SSSR count). The van der Waals surface area contributed by atoms with Crippen molar-refractivity contribution in [1.82, 2.24) is 19.9 Å². The first kappa shape index (κ1) is 22.6. The molecule has 0 saturated carbocycles. The number of benzene rings is 1. The number of aliphatic hydroxyl groups is 1. The van der Waals surface area contributed by atoms with Gasteiger partial charge in [-0.1, -0.05) is 6.07 Å². The molecule has 32 heavy (non-hydrogen) atoms. The Morgan fingerprint density at radius 2 is 1.97 bits per heavy atom. The molecule has 2 aromatic heterocycles. The molecule has 1 fully saturated rings. The van der Waals surface area contributed by atoms with Crippen molar-refractivity contribution < 1.29 is 14.0 Å². The lowest BCUT2D eigenvalue weighted by atomic mass is 10.0. The van der Waals surface area contributed by atoms with Crippen molar-refractivity contribution in [2.45, 2.75) is 36.1 Å². The molecule has 0 radical (unpaired) electrons. The Kier molecular flexibility index (Phi) is 7.00. The van der Waals surface area contributed by atoms with Crippen molar-refractivity contribution in [3.8, 4) is 22.4 Å². The summed E-state index contributed by atoms with van der Waals surface area (Å²) in [6.07, 6.45) is 5.58. The Morgan fingerprint density at radius 1 is 1.19 bits per heavy atom. The summed E-state index contributed by atoms with van der Waals surface area (Å²) in [4.78, 5) is 14.7. The van der Waals surface area contributed by atoms with Crippen LogP contribution >= 0.6 is 0 Å². The van der Waals surface area contributed by atoms with Gasteiger partial charge in [0.05, 0.1) is 29.8 Å². The molecule has 0 aliphatic carbocycles. The van der Waals surface area contributed by atoms with Crippen molar-refractivity contribution in [2.75, 3.05) is 25.4 Å². The van der Waals surface area contributed by atoms with E-state index in [4.69, 9.17) is 5.73 Å². The predicted molar refractivity (Wildman–Crippen MR) is 123 cm³/mol. The van der Waals surface area contributed by atoms with E-state index in [-0.39, 0.29) is 17.2 Å². The summed E-state index contributed by atoms with van der Waals surface area (Å²) in [5, 5.41) is 10.0. The minimum absolute atomic E-state index is 0.0249. The van der Waals surface area contributed by atoms with E-state index in [1.165, 1.54) is 18.5 Å². The highest BCUT2D eigenvalue weighted by Gasteiger charge is 2.32. The van der Waals surface area contributed by atoms with Gasteiger partial charge in [-0.25, -0.2) is 14.4 Å². The van der Waals surface area contributed by atoms with Crippen LogP contribution in [0.1, 0.15) is 19.8 Å². The van der Waals surface area contributed by atoms with Crippen LogP contribution in [0, 0.1) is 5.82 Å². The van der Waals surface area contributed by atoms with Gasteiger partial charge in [0.1, 0.15) is 16.9 Å². The third-order valence-corrected chi connectivity index (χ3v) is 7.33. The Labute approximate surface area is 189 Å². The molecule has 0 amide bonds. The number of halogens is 1. The number of piperidine rings is 1. The molecule has 3 heterocycles. The van der Waals surface area contributed by atoms with Gasteiger partial charge in [0.2, 0.25) is 0 Å². The van der Waals surface area contributed by atoms with E-state index in [0.717, 1.165) is 25.9 Å². The maximum Gasteiger partial charge on any atom is 0.252 e. The van der Waals surface area contributed by atoms with E-state index in [2.05, 4.69) is 19.9 Å². The number of anilines is 1. The number of nitrogens with zero attached hydrogens (tertiary/aromatic N) is 4. The molecular formula is C23H26FN5O2S. The molecule has 0 spiro atoms. The third-order valence-electron chi connectivity index (χ3n) is 5.55. The molecule has 0 bridgehead atoms. The number of aliphatic hydroxyl groups excluding tert-OH is 1. The smallest absolute Gasteiger partial charge is 0.252 e. The SMILES string of the molecule is CC(O)CN1CCC([S+]([O-])c2ncccc2-c2ccc(-c3cnc(N)cn3)c(F)c2)CC1. The van der Waals surface area contributed by atoms with Gasteiger partial charge in [-0.15, -0.1) is 0 Å². The second-order valence-corrected chi connectivity index (χ2v) is 9.67. The van der Waals surface area contributed by atoms with Crippen molar-refractivity contribution >= 4 is 17.0 Å². The molecule has 2 atom stereocenters. The Hall–Kier alpha value is -2.59. The standard InChI is InChI=1S/C23H26FN5O2S/c1-15(30)14-29-9-6-17(7-10-29)32(31)23-18(3-2-8-26-23)16-4-5-19(20(24)11-16)21-12-28-22(25)13-27-21/h2-5,8,11-13,15,17,30H,6-7,9-10,14H2,1H3,(H2,25,28). The number of nitrogen functional groups attached to an aromatic ring is 1. The second-order valence-electron chi connectivity index (χ2n) is 8.02. The molecule has 2 unspecified atom stereocenters. The number of hydrogen-bond donors (Lipinski definition) is 2. The highest BCUT2D eigenvalue weighted by atomic mass is 32.2. The van der Waals surface area contributed by atoms with Crippen LogP contribution in [0.5, 0.6) is 0 Å². The molecule has 9 heteroatoms. The zero-order valence-corrected chi connectivity index (χ0v) is 18.6. The lowest BCUT2D eigenvalue weighted by molar-refractivity contribution is 0.114. The molecule has 1 aliphatic heterocycles. The third kappa shape index (κ3) is 5.07. The Morgan fingerprint density at radius 3 is 2.62 bits per heavy atom. The van der Waals surface area contributed by atoms with E-state index in [9.17, 15) is 14.0 Å². The zero-order valence-electron chi connectivity index (χ0n) is 17.8. The van der Waals surface area contributed by atoms with E-state index in [1.54, 1.807) is 31.3 Å². The number of pyridine rings is 1. The predicted octanol–water partition coefficient (Wildman–Crippen LogP) is 2.88. The Bertz CT molecular complexity index is 1060. The molecule has 3 aromatic rings. The van der Waals surface area contributed by atoms with Gasteiger partial charge in [0.15, 0.2) is 0 Å². The van der Waals surface area contributed by atoms with E-state index >= 15 is 0 Å². The fourth-order valence-corrected chi connectivity index (χ4v) is 5.50. The van der Waals surface area contributed by atoms with Crippen LogP contribution in [-0.4, -0.2) is 60.5 Å². The van der Waals surface area contributed by atoms with Crippen molar-refractivity contribution in [3.63, 3.8) is 0 Å². The van der Waals surface area contributed by atoms with Gasteiger partial charge < -0.3 is 20.3 Å². The van der Waals surface area contributed by atoms with Crippen LogP contribution < -0.4 is 5.73 Å². The molecule has 1 saturated heterocycles. The molecule has 1 aliphatic rings. The summed E-state index contributed by atoms with van der Waals surface area (Å²) in [6, 6.07) is 8.41. The first-order valence-corrected chi connectivity index (χ1v) is 11.8. The number of hydrogen-bond acceptors (Lipinski definition) is 7. The fraction of sp³-hybridized carbons (Fsp3) is 0.348. The number of rotatable bonds is 6. The van der Waals surface area contributed by atoms with E-state index in [1.807, 2.05) is 6.07 Å². The van der Waals surface area contributed by atoms with Crippen LogP contribution in [0.15, 0.2) is 53.9 Å². The molecule has 1 aromatic carbocycles. The summed E-state index contributed by atoms with van der Waals surface area (Å²) in [5.74, 6) is -0.182. The summed E-state index contributed by atoms with van der Waals surface area (Å²) in [5.41, 5.74) is 7.54. The highest BCUT2D eigenvalue weighted by Crippen LogP contribution is 2.33. The van der Waals surface area contributed by atoms with E-state index < -0.39 is 17.0 Å². The van der Waals surface area contributed by atoms with Crippen LogP contribution in [-0.2, 0) is 11.2 Å². The van der Waals surface area contributed by atoms with Crippen LogP contribution in [0.25, 0.3) is 22.4 Å². The first-order chi connectivity index (χ1) is 15.4. The minimum atomic E-state index is -1.32. The molecule has 3 N–H and O–H groups in total. The van der Waals surface area contributed by atoms with Crippen LogP contribution in [0.2, 0.25) is 0 Å². The lowest BCUT2D eigenvalue weighted by Crippen LogP contribution is -2.42. The zero-order chi connectivity index (χ0) is 22.7. The first-order valence-electron chi connectivity index (χ1n) is 10.6. The largest absolute Gasteiger partial charge is 0.610 e. The number of likely N-dealkylation sites (tertiary alicyclic amines) is 1. The molecular weight excluding hydrogens is 429 g/mol. The highest BCUT2D eigenvalue weighted by molar-refractivity contribution is 7.92. The van der Waals surface area contributed by atoms with Crippen LogP contribution in [0.4, 0.5) is 10.2 Å². The summed E-state index contributed by atoms with van der Waals surface area (Å²) in [6.45, 7) is 3.97. The summed E-state index contributed by atoms with van der Waals surface area (Å²) in [7, 11) is 0. The minimum Gasteiger partial charge on any atom is -0.610 e. The number of nitrogens with two attached hydrogens (primary N) is 1. The van der Waals surface area contributed by atoms with E-state index in [0.29, 0.717) is 34.0 Å². The average Bonchev–Trinajstić information content (AvgIpc) is 2.79. The van der Waals surface area contributed by atoms with Gasteiger partial charge in [0, 0.05) is 55.4 Å². The van der Waals surface area contributed by atoms with Crippen LogP contribution in [0.3, 0.4) is 0 Å². The topological polar surface area (TPSA) is 111 Å². The van der Waals surface area contributed by atoms with Gasteiger partial charge in [-0.2, -0.15) is 0 Å². The molecule has 7 nitrogen and oxygen atoms in total. The van der Waals surface area contributed by atoms with Crippen molar-refractivity contribution in [2.24, 2.45) is 0 Å². The lowest BCUT2D eigenvalue weighted by Gasteiger charge is -2.33. The fourth-order valence-electron chi connectivity index (χ4n) is 3.98. The van der Waals surface area contributed by atoms with Gasteiger partial charge in [-0.05, 0) is 36.8 Å². The normalized spacial score (nSPS) is 17.2. The van der Waals surface area contributed by atoms with Crippen molar-refractivity contribution in [3.05, 3.63) is 54.7 Å².